The number of nitrogens with zero attached hydrogens (tertiary/aromatic N) is 2. The van der Waals surface area contributed by atoms with Crippen LogP contribution in [0.2, 0.25) is 5.02 Å². The number of benzene rings is 2. The number of hydrogen-bond donors (Lipinski definition) is 1. The Hall–Kier alpha value is -2.59. The quantitative estimate of drug-likeness (QED) is 0.468. The van der Waals surface area contributed by atoms with E-state index in [0.717, 1.165) is 9.87 Å². The number of rotatable bonds is 8. The zero-order chi connectivity index (χ0) is 23.3. The van der Waals surface area contributed by atoms with Gasteiger partial charge in [0.15, 0.2) is 0 Å². The maximum Gasteiger partial charge on any atom is 0.244 e. The molecule has 168 valence electrons. The van der Waals surface area contributed by atoms with Gasteiger partial charge in [-0.15, -0.1) is 0 Å². The van der Waals surface area contributed by atoms with Gasteiger partial charge in [-0.25, -0.2) is 17.7 Å². The number of thioether (sulfide) groups is 1. The van der Waals surface area contributed by atoms with Crippen LogP contribution in [-0.4, -0.2) is 44.8 Å². The number of amides is 1. The largest absolute Gasteiger partial charge is 0.495 e. The molecule has 1 amide bonds. The molecule has 1 atom stereocenters. The molecule has 0 spiro atoms. The predicted octanol–water partition coefficient (Wildman–Crippen LogP) is 4.47. The first-order chi connectivity index (χ1) is 15.2. The second-order valence-corrected chi connectivity index (χ2v) is 10.6. The molecule has 0 aliphatic carbocycles. The van der Waals surface area contributed by atoms with E-state index in [-0.39, 0.29) is 10.8 Å². The average molecular weight is 492 g/mol. The lowest BCUT2D eigenvalue weighted by atomic mass is 10.1. The van der Waals surface area contributed by atoms with Crippen molar-refractivity contribution in [2.24, 2.45) is 0 Å². The van der Waals surface area contributed by atoms with Crippen LogP contribution >= 0.6 is 23.4 Å². The molecule has 10 heteroatoms. The van der Waals surface area contributed by atoms with Crippen molar-refractivity contribution >= 4 is 45.0 Å². The molecule has 1 aromatic heterocycles. The third kappa shape index (κ3) is 5.60. The SMILES string of the molecule is COc1ccc(NC(=O)C(Sc2ccc(S(=O)(=O)N(C)C)cn2)c2ccccc2)cc1Cl. The van der Waals surface area contributed by atoms with E-state index in [1.54, 1.807) is 24.3 Å². The molecule has 0 aliphatic heterocycles. The fourth-order valence-electron chi connectivity index (χ4n) is 2.77. The van der Waals surface area contributed by atoms with Crippen LogP contribution in [0, 0.1) is 0 Å². The number of anilines is 1. The van der Waals surface area contributed by atoms with Crippen molar-refractivity contribution in [1.82, 2.24) is 9.29 Å². The van der Waals surface area contributed by atoms with Gasteiger partial charge in [0.25, 0.3) is 0 Å². The van der Waals surface area contributed by atoms with Gasteiger partial charge < -0.3 is 10.1 Å². The lowest BCUT2D eigenvalue weighted by Gasteiger charge is -2.17. The third-order valence-electron chi connectivity index (χ3n) is 4.49. The number of halogens is 1. The minimum atomic E-state index is -3.58. The number of sulfonamides is 1. The van der Waals surface area contributed by atoms with Gasteiger partial charge in [0.2, 0.25) is 15.9 Å². The van der Waals surface area contributed by atoms with Gasteiger partial charge in [0, 0.05) is 26.0 Å². The van der Waals surface area contributed by atoms with Crippen molar-refractivity contribution < 1.29 is 17.9 Å². The summed E-state index contributed by atoms with van der Waals surface area (Å²) in [6.45, 7) is 0. The summed E-state index contributed by atoms with van der Waals surface area (Å²) in [6.07, 6.45) is 1.29. The maximum atomic E-state index is 13.2. The Morgan fingerprint density at radius 2 is 1.84 bits per heavy atom. The molecule has 7 nitrogen and oxygen atoms in total. The zero-order valence-corrected chi connectivity index (χ0v) is 20.0. The number of carbonyl (C=O) groups excluding carboxylic acids is 1. The Bertz CT molecular complexity index is 1190. The molecule has 0 aliphatic rings. The molecule has 1 unspecified atom stereocenters. The number of hydrogen-bond acceptors (Lipinski definition) is 6. The number of carbonyl (C=O) groups is 1. The van der Waals surface area contributed by atoms with E-state index in [2.05, 4.69) is 10.3 Å². The molecule has 0 saturated heterocycles. The zero-order valence-electron chi connectivity index (χ0n) is 17.7. The molecular weight excluding hydrogens is 470 g/mol. The molecular formula is C22H22ClN3O4S2. The van der Waals surface area contributed by atoms with Crippen molar-refractivity contribution in [3.63, 3.8) is 0 Å². The summed E-state index contributed by atoms with van der Waals surface area (Å²) in [5.74, 6) is 0.241. The molecule has 0 fully saturated rings. The van der Waals surface area contributed by atoms with Gasteiger partial charge in [-0.3, -0.25) is 4.79 Å². The smallest absolute Gasteiger partial charge is 0.244 e. The molecule has 32 heavy (non-hydrogen) atoms. The predicted molar refractivity (Wildman–Crippen MR) is 127 cm³/mol. The first kappa shape index (κ1) is 24.1. The standard InChI is InChI=1S/C22H22ClN3O4S2/c1-26(2)32(28,29)17-10-12-20(24-14-17)31-21(15-7-5-4-6-8-15)22(27)25-16-9-11-19(30-3)18(23)13-16/h4-14,21H,1-3H3,(H,25,27). The molecule has 0 bridgehead atoms. The summed E-state index contributed by atoms with van der Waals surface area (Å²) in [6, 6.07) is 17.3. The summed E-state index contributed by atoms with van der Waals surface area (Å²) in [4.78, 5) is 17.5. The lowest BCUT2D eigenvalue weighted by molar-refractivity contribution is -0.115. The first-order valence-electron chi connectivity index (χ1n) is 9.47. The minimum Gasteiger partial charge on any atom is -0.495 e. The van der Waals surface area contributed by atoms with E-state index in [4.69, 9.17) is 16.3 Å². The molecule has 3 aromatic rings. The van der Waals surface area contributed by atoms with Crippen molar-refractivity contribution in [1.29, 1.82) is 0 Å². The molecule has 0 saturated carbocycles. The van der Waals surface area contributed by atoms with E-state index in [9.17, 15) is 13.2 Å². The van der Waals surface area contributed by atoms with Gasteiger partial charge in [-0.1, -0.05) is 53.7 Å². The number of aromatic nitrogens is 1. The molecule has 1 heterocycles. The van der Waals surface area contributed by atoms with Crippen LogP contribution < -0.4 is 10.1 Å². The fraction of sp³-hybridized carbons (Fsp3) is 0.182. The summed E-state index contributed by atoms with van der Waals surface area (Å²) in [5.41, 5.74) is 1.31. The minimum absolute atomic E-state index is 0.0837. The average Bonchev–Trinajstić information content (AvgIpc) is 2.78. The summed E-state index contributed by atoms with van der Waals surface area (Å²) < 4.78 is 30.8. The third-order valence-corrected chi connectivity index (χ3v) is 7.79. The van der Waals surface area contributed by atoms with Crippen molar-refractivity contribution in [2.45, 2.75) is 15.2 Å². The van der Waals surface area contributed by atoms with Gasteiger partial charge in [-0.2, -0.15) is 0 Å². The van der Waals surface area contributed by atoms with Crippen LogP contribution in [0.3, 0.4) is 0 Å². The molecule has 2 aromatic carbocycles. The van der Waals surface area contributed by atoms with Gasteiger partial charge in [-0.05, 0) is 35.9 Å². The van der Waals surface area contributed by atoms with Crippen molar-refractivity contribution in [3.8, 4) is 5.75 Å². The fourth-order valence-corrected chi connectivity index (χ4v) is 4.84. The van der Waals surface area contributed by atoms with Gasteiger partial charge in [0.05, 0.1) is 17.2 Å². The van der Waals surface area contributed by atoms with Crippen molar-refractivity contribution in [3.05, 3.63) is 77.4 Å². The Balaban J connectivity index is 1.85. The van der Waals surface area contributed by atoms with Crippen LogP contribution in [0.25, 0.3) is 0 Å². The second-order valence-electron chi connectivity index (χ2n) is 6.87. The first-order valence-corrected chi connectivity index (χ1v) is 12.2. The summed E-state index contributed by atoms with van der Waals surface area (Å²) in [7, 11) is 0.851. The van der Waals surface area contributed by atoms with Crippen LogP contribution in [0.1, 0.15) is 10.8 Å². The normalized spacial score (nSPS) is 12.4. The van der Waals surface area contributed by atoms with E-state index in [0.29, 0.717) is 21.5 Å². The Labute approximate surface area is 196 Å². The number of nitrogens with one attached hydrogen (secondary N) is 1. The topological polar surface area (TPSA) is 88.6 Å². The highest BCUT2D eigenvalue weighted by Crippen LogP contribution is 2.36. The summed E-state index contributed by atoms with van der Waals surface area (Å²) >= 11 is 7.39. The number of methoxy groups -OCH3 is 1. The van der Waals surface area contributed by atoms with Gasteiger partial charge in [0.1, 0.15) is 15.9 Å². The van der Waals surface area contributed by atoms with Gasteiger partial charge >= 0.3 is 0 Å². The number of pyridine rings is 1. The highest BCUT2D eigenvalue weighted by Gasteiger charge is 2.24. The van der Waals surface area contributed by atoms with E-state index in [1.165, 1.54) is 45.2 Å². The Kier molecular flexibility index (Phi) is 7.78. The monoisotopic (exact) mass is 491 g/mol. The van der Waals surface area contributed by atoms with Crippen LogP contribution in [0.4, 0.5) is 5.69 Å². The molecule has 1 N–H and O–H groups in total. The second kappa shape index (κ2) is 10.4. The van der Waals surface area contributed by atoms with Crippen LogP contribution in [0.5, 0.6) is 5.75 Å². The highest BCUT2D eigenvalue weighted by atomic mass is 35.5. The van der Waals surface area contributed by atoms with E-state index < -0.39 is 15.3 Å². The molecule has 0 radical (unpaired) electrons. The van der Waals surface area contributed by atoms with Crippen LogP contribution in [0.15, 0.2) is 76.8 Å². The highest BCUT2D eigenvalue weighted by molar-refractivity contribution is 8.00. The Morgan fingerprint density at radius 1 is 1.12 bits per heavy atom. The van der Waals surface area contributed by atoms with Crippen LogP contribution in [-0.2, 0) is 14.8 Å². The number of ether oxygens (including phenoxy) is 1. The summed E-state index contributed by atoms with van der Waals surface area (Å²) in [5, 5.41) is 3.15. The van der Waals surface area contributed by atoms with E-state index >= 15 is 0 Å². The Morgan fingerprint density at radius 3 is 2.41 bits per heavy atom. The van der Waals surface area contributed by atoms with E-state index in [1.807, 2.05) is 30.3 Å². The molecule has 3 rings (SSSR count). The lowest BCUT2D eigenvalue weighted by Crippen LogP contribution is -2.22. The maximum absolute atomic E-state index is 13.2. The van der Waals surface area contributed by atoms with Crippen molar-refractivity contribution in [2.75, 3.05) is 26.5 Å².